The van der Waals surface area contributed by atoms with E-state index in [-0.39, 0.29) is 0 Å². The van der Waals surface area contributed by atoms with Gasteiger partial charge in [0.2, 0.25) is 0 Å². The Balaban J connectivity index is 1.41. The highest BCUT2D eigenvalue weighted by molar-refractivity contribution is 6.02. The first-order chi connectivity index (χ1) is 17.7. The summed E-state index contributed by atoms with van der Waals surface area (Å²) in [5, 5.41) is 0. The summed E-state index contributed by atoms with van der Waals surface area (Å²) in [7, 11) is 0. The molecule has 0 heterocycles. The molecule has 0 radical (unpaired) electrons. The van der Waals surface area contributed by atoms with Crippen LogP contribution in [0.1, 0.15) is 22.3 Å². The molecule has 4 heteroatoms. The highest BCUT2D eigenvalue weighted by Crippen LogP contribution is 2.20. The first-order valence-corrected chi connectivity index (χ1v) is 11.6. The van der Waals surface area contributed by atoms with Crippen molar-refractivity contribution in [2.24, 2.45) is 0 Å². The molecule has 0 amide bonds. The minimum Gasteiger partial charge on any atom is -0.489 e. The summed E-state index contributed by atoms with van der Waals surface area (Å²) in [6.45, 7) is 0.952. The summed E-state index contributed by atoms with van der Waals surface area (Å²) in [5.74, 6) is 1.45. The molecule has 0 N–H and O–H groups in total. The molecule has 4 aromatic rings. The van der Waals surface area contributed by atoms with Gasteiger partial charge in [0, 0.05) is 11.1 Å². The van der Waals surface area contributed by atoms with E-state index >= 15 is 0 Å². The molecule has 0 aromatic heterocycles. The van der Waals surface area contributed by atoms with Crippen LogP contribution in [0.5, 0.6) is 11.5 Å². The summed E-state index contributed by atoms with van der Waals surface area (Å²) < 4.78 is 11.6. The second kappa shape index (κ2) is 12.7. The van der Waals surface area contributed by atoms with Gasteiger partial charge in [-0.15, -0.1) is 0 Å². The number of carbonyl (C=O) groups excluding carboxylic acids is 2. The van der Waals surface area contributed by atoms with Crippen molar-refractivity contribution in [2.75, 3.05) is 0 Å². The van der Waals surface area contributed by atoms with Crippen LogP contribution >= 0.6 is 0 Å². The van der Waals surface area contributed by atoms with Crippen LogP contribution in [0.3, 0.4) is 0 Å². The Morgan fingerprint density at radius 2 is 0.861 bits per heavy atom. The summed E-state index contributed by atoms with van der Waals surface area (Å²) in [4.78, 5) is 23.6. The van der Waals surface area contributed by atoms with E-state index in [1.165, 1.54) is 0 Å². The van der Waals surface area contributed by atoms with Gasteiger partial charge in [-0.3, -0.25) is 9.59 Å². The van der Waals surface area contributed by atoms with Crippen molar-refractivity contribution in [3.63, 3.8) is 0 Å². The van der Waals surface area contributed by atoms with Gasteiger partial charge in [0.15, 0.2) is 12.6 Å². The van der Waals surface area contributed by atoms with Gasteiger partial charge in [-0.1, -0.05) is 84.9 Å². The first kappa shape index (κ1) is 24.4. The molecular formula is C32H26O4. The molecule has 0 bridgehead atoms. The third kappa shape index (κ3) is 7.15. The largest absolute Gasteiger partial charge is 0.489 e. The Morgan fingerprint density at radius 1 is 0.500 bits per heavy atom. The maximum atomic E-state index is 11.8. The van der Waals surface area contributed by atoms with Crippen LogP contribution in [0.4, 0.5) is 0 Å². The average Bonchev–Trinajstić information content (AvgIpc) is 2.95. The van der Waals surface area contributed by atoms with Crippen LogP contribution in [0.25, 0.3) is 12.2 Å². The molecule has 178 valence electrons. The average molecular weight is 475 g/mol. The number of aldehydes is 2. The smallest absolute Gasteiger partial charge is 0.150 e. The van der Waals surface area contributed by atoms with Crippen molar-refractivity contribution < 1.29 is 19.1 Å². The molecule has 4 rings (SSSR count). The van der Waals surface area contributed by atoms with Gasteiger partial charge in [0.05, 0.1) is 0 Å². The first-order valence-electron chi connectivity index (χ1n) is 11.6. The topological polar surface area (TPSA) is 52.6 Å². The van der Waals surface area contributed by atoms with Crippen molar-refractivity contribution in [3.8, 4) is 11.5 Å². The molecule has 0 saturated carbocycles. The zero-order chi connectivity index (χ0) is 25.0. The van der Waals surface area contributed by atoms with E-state index in [2.05, 4.69) is 0 Å². The summed E-state index contributed by atoms with van der Waals surface area (Å²) >= 11 is 0. The normalized spacial score (nSPS) is 11.6. The molecule has 0 spiro atoms. The van der Waals surface area contributed by atoms with Gasteiger partial charge >= 0.3 is 0 Å². The minimum absolute atomic E-state index is 0.298. The highest BCUT2D eigenvalue weighted by atomic mass is 16.5. The van der Waals surface area contributed by atoms with Crippen molar-refractivity contribution in [1.82, 2.24) is 0 Å². The van der Waals surface area contributed by atoms with Crippen LogP contribution in [0, 0.1) is 0 Å². The second-order valence-electron chi connectivity index (χ2n) is 8.12. The van der Waals surface area contributed by atoms with Gasteiger partial charge in [-0.25, -0.2) is 0 Å². The number of benzene rings is 4. The van der Waals surface area contributed by atoms with E-state index < -0.39 is 0 Å². The fraction of sp³-hybridized carbons (Fsp3) is 0.0625. The van der Waals surface area contributed by atoms with E-state index in [1.54, 1.807) is 12.2 Å². The fourth-order valence-electron chi connectivity index (χ4n) is 3.53. The van der Waals surface area contributed by atoms with E-state index in [4.69, 9.17) is 9.47 Å². The molecule has 4 aromatic carbocycles. The van der Waals surface area contributed by atoms with E-state index in [1.807, 2.05) is 109 Å². The molecule has 0 atom stereocenters. The zero-order valence-corrected chi connectivity index (χ0v) is 19.7. The predicted molar refractivity (Wildman–Crippen MR) is 143 cm³/mol. The summed E-state index contributed by atoms with van der Waals surface area (Å²) in [5.41, 5.74) is 4.35. The summed E-state index contributed by atoms with van der Waals surface area (Å²) in [6.07, 6.45) is 4.76. The van der Waals surface area contributed by atoms with Gasteiger partial charge in [-0.2, -0.15) is 0 Å². The lowest BCUT2D eigenvalue weighted by Crippen LogP contribution is -1.96. The number of rotatable bonds is 11. The standard InChI is InChI=1S/C32H26O4/c33-21-29(19-25-11-15-31(16-12-25)35-23-27-7-3-1-4-8-27)30(22-34)20-26-13-17-32(18-14-26)36-24-28-9-5-2-6-10-28/h1-22H,23-24H2. The molecule has 0 aliphatic heterocycles. The lowest BCUT2D eigenvalue weighted by atomic mass is 10.0. The van der Waals surface area contributed by atoms with Crippen molar-refractivity contribution >= 4 is 24.7 Å². The monoisotopic (exact) mass is 474 g/mol. The predicted octanol–water partition coefficient (Wildman–Crippen LogP) is 6.71. The Hall–Kier alpha value is -4.70. The fourth-order valence-corrected chi connectivity index (χ4v) is 3.53. The summed E-state index contributed by atoms with van der Waals surface area (Å²) in [6, 6.07) is 34.6. The Bertz CT molecular complexity index is 1210. The number of allylic oxidation sites excluding steroid dienone is 2. The Morgan fingerprint density at radius 3 is 1.19 bits per heavy atom. The van der Waals surface area contributed by atoms with Crippen molar-refractivity contribution in [2.45, 2.75) is 13.2 Å². The lowest BCUT2D eigenvalue weighted by Gasteiger charge is -2.07. The van der Waals surface area contributed by atoms with E-state index in [0.29, 0.717) is 36.9 Å². The van der Waals surface area contributed by atoms with Crippen LogP contribution in [0.2, 0.25) is 0 Å². The number of hydrogen-bond donors (Lipinski definition) is 0. The molecule has 0 unspecified atom stereocenters. The van der Waals surface area contributed by atoms with E-state index in [0.717, 1.165) is 33.8 Å². The molecule has 36 heavy (non-hydrogen) atoms. The molecular weight excluding hydrogens is 448 g/mol. The maximum Gasteiger partial charge on any atom is 0.150 e. The highest BCUT2D eigenvalue weighted by Gasteiger charge is 2.06. The molecule has 0 fully saturated rings. The van der Waals surface area contributed by atoms with Crippen LogP contribution in [-0.2, 0) is 22.8 Å². The van der Waals surface area contributed by atoms with Gasteiger partial charge < -0.3 is 9.47 Å². The van der Waals surface area contributed by atoms with Crippen molar-refractivity contribution in [1.29, 1.82) is 0 Å². The molecule has 0 saturated heterocycles. The molecule has 0 aliphatic rings. The van der Waals surface area contributed by atoms with Crippen LogP contribution in [0.15, 0.2) is 120 Å². The zero-order valence-electron chi connectivity index (χ0n) is 19.7. The third-order valence-electron chi connectivity index (χ3n) is 5.49. The van der Waals surface area contributed by atoms with Gasteiger partial charge in [0.25, 0.3) is 0 Å². The SMILES string of the molecule is O=CC(=Cc1ccc(OCc2ccccc2)cc1)C(C=O)=Cc1ccc(OCc2ccccc2)cc1. The Kier molecular flexibility index (Phi) is 8.60. The number of hydrogen-bond acceptors (Lipinski definition) is 4. The van der Waals surface area contributed by atoms with Gasteiger partial charge in [0.1, 0.15) is 24.7 Å². The van der Waals surface area contributed by atoms with Gasteiger partial charge in [-0.05, 0) is 58.7 Å². The maximum absolute atomic E-state index is 11.8. The quantitative estimate of drug-likeness (QED) is 0.138. The van der Waals surface area contributed by atoms with Crippen LogP contribution in [-0.4, -0.2) is 12.6 Å². The Labute approximate surface area is 211 Å². The molecule has 0 aliphatic carbocycles. The molecule has 4 nitrogen and oxygen atoms in total. The lowest BCUT2D eigenvalue weighted by molar-refractivity contribution is -0.107. The third-order valence-corrected chi connectivity index (χ3v) is 5.49. The minimum atomic E-state index is 0.298. The number of carbonyl (C=O) groups is 2. The second-order valence-corrected chi connectivity index (χ2v) is 8.12. The number of ether oxygens (including phenoxy) is 2. The van der Waals surface area contributed by atoms with Crippen LogP contribution < -0.4 is 9.47 Å². The van der Waals surface area contributed by atoms with Crippen molar-refractivity contribution in [3.05, 3.63) is 143 Å². The van der Waals surface area contributed by atoms with E-state index in [9.17, 15) is 9.59 Å².